The largest absolute Gasteiger partial charge is 0.490 e. The summed E-state index contributed by atoms with van der Waals surface area (Å²) in [4.78, 5) is 25.3. The van der Waals surface area contributed by atoms with E-state index in [-0.39, 0.29) is 28.9 Å². The molecule has 3 aromatic rings. The molecule has 0 N–H and O–H groups in total. The van der Waals surface area contributed by atoms with Gasteiger partial charge in [0.05, 0.1) is 33.2 Å². The van der Waals surface area contributed by atoms with E-state index in [0.29, 0.717) is 16.3 Å². The molecule has 0 radical (unpaired) electrons. The van der Waals surface area contributed by atoms with Gasteiger partial charge in [0.2, 0.25) is 5.75 Å². The third kappa shape index (κ3) is 5.57. The number of hydrogen-bond acceptors (Lipinski definition) is 7. The van der Waals surface area contributed by atoms with E-state index in [1.165, 1.54) is 0 Å². The minimum Gasteiger partial charge on any atom is -0.490 e. The van der Waals surface area contributed by atoms with Crippen LogP contribution in [0.25, 0.3) is 0 Å². The van der Waals surface area contributed by atoms with Crippen LogP contribution in [-0.4, -0.2) is 22.7 Å². The Morgan fingerprint density at radius 3 is 2.42 bits per heavy atom. The van der Waals surface area contributed by atoms with Crippen LogP contribution in [-0.2, 0) is 0 Å². The number of aliphatic imine (C=N–C) groups is 1. The molecule has 0 aromatic heterocycles. The molecule has 0 spiro atoms. The van der Waals surface area contributed by atoms with Gasteiger partial charge in [-0.1, -0.05) is 29.3 Å². The van der Waals surface area contributed by atoms with Gasteiger partial charge in [-0.2, -0.15) is 0 Å². The monoisotopic (exact) mass is 489 g/mol. The summed E-state index contributed by atoms with van der Waals surface area (Å²) < 4.78 is 11.3. The van der Waals surface area contributed by atoms with E-state index in [2.05, 4.69) is 4.99 Å². The lowest BCUT2D eigenvalue weighted by atomic mass is 10.2. The Kier molecular flexibility index (Phi) is 7.47. The first-order valence-electron chi connectivity index (χ1n) is 9.57. The van der Waals surface area contributed by atoms with Crippen molar-refractivity contribution in [2.24, 2.45) is 4.99 Å². The Balaban J connectivity index is 2.00. The fraction of sp³-hybridized carbons (Fsp3) is 0.136. The molecule has 0 fully saturated rings. The van der Waals surface area contributed by atoms with Crippen molar-refractivity contribution in [2.75, 3.05) is 6.61 Å². The van der Waals surface area contributed by atoms with Crippen molar-refractivity contribution in [1.82, 2.24) is 0 Å². The predicted octanol–water partition coefficient (Wildman–Crippen LogP) is 7.06. The van der Waals surface area contributed by atoms with Gasteiger partial charge in [0, 0.05) is 17.3 Å². The predicted molar refractivity (Wildman–Crippen MR) is 126 cm³/mol. The first kappa shape index (κ1) is 24.0. The molecule has 3 rings (SSSR count). The Bertz CT molecular complexity index is 1260. The second-order valence-electron chi connectivity index (χ2n) is 6.67. The average Bonchev–Trinajstić information content (AvgIpc) is 2.77. The molecule has 170 valence electrons. The Labute approximate surface area is 198 Å². The second-order valence-corrected chi connectivity index (χ2v) is 7.49. The maximum atomic E-state index is 11.4. The van der Waals surface area contributed by atoms with Crippen LogP contribution < -0.4 is 9.47 Å². The van der Waals surface area contributed by atoms with Gasteiger partial charge in [-0.3, -0.25) is 25.2 Å². The van der Waals surface area contributed by atoms with Crippen LogP contribution in [0.1, 0.15) is 18.1 Å². The van der Waals surface area contributed by atoms with E-state index in [0.717, 1.165) is 23.8 Å². The second kappa shape index (κ2) is 10.3. The molecule has 0 aliphatic heterocycles. The molecule has 0 unspecified atom stereocenters. The molecule has 11 heteroatoms. The maximum absolute atomic E-state index is 11.4. The fourth-order valence-corrected chi connectivity index (χ4v) is 3.29. The Hall–Kier alpha value is -3.69. The van der Waals surface area contributed by atoms with Crippen LogP contribution in [0, 0.1) is 27.2 Å². The van der Waals surface area contributed by atoms with E-state index in [4.69, 9.17) is 32.7 Å². The zero-order valence-electron chi connectivity index (χ0n) is 17.5. The van der Waals surface area contributed by atoms with Crippen LogP contribution in [0.5, 0.6) is 17.2 Å². The standard InChI is InChI=1S/C22H17Cl2N3O6/c1-3-32-21-10-14(12-25-18-6-4-5-16(23)13(18)2)9-17(24)22(21)33-20-8-7-15(26(28)29)11-19(20)27(30)31/h4-12H,3H2,1-2H3. The van der Waals surface area contributed by atoms with Crippen molar-refractivity contribution in [1.29, 1.82) is 0 Å². The Morgan fingerprint density at radius 1 is 1.00 bits per heavy atom. The van der Waals surface area contributed by atoms with Gasteiger partial charge in [0.25, 0.3) is 5.69 Å². The fourth-order valence-electron chi connectivity index (χ4n) is 2.86. The van der Waals surface area contributed by atoms with Crippen molar-refractivity contribution in [3.8, 4) is 17.2 Å². The highest BCUT2D eigenvalue weighted by Gasteiger charge is 2.23. The van der Waals surface area contributed by atoms with Gasteiger partial charge >= 0.3 is 5.69 Å². The summed E-state index contributed by atoms with van der Waals surface area (Å²) in [5.41, 5.74) is 1.07. The van der Waals surface area contributed by atoms with Gasteiger partial charge in [-0.15, -0.1) is 0 Å². The number of rotatable bonds is 8. The SMILES string of the molecule is CCOc1cc(C=Nc2cccc(Cl)c2C)cc(Cl)c1Oc1ccc([N+](=O)[O-])cc1[N+](=O)[O-]. The lowest BCUT2D eigenvalue weighted by molar-refractivity contribution is -0.394. The minimum atomic E-state index is -0.773. The number of halogens is 2. The lowest BCUT2D eigenvalue weighted by Crippen LogP contribution is -2.00. The number of non-ortho nitro benzene ring substituents is 1. The zero-order valence-corrected chi connectivity index (χ0v) is 19.0. The van der Waals surface area contributed by atoms with Crippen LogP contribution in [0.2, 0.25) is 10.0 Å². The van der Waals surface area contributed by atoms with Crippen molar-refractivity contribution >= 4 is 46.5 Å². The molecule has 0 atom stereocenters. The van der Waals surface area contributed by atoms with E-state index in [1.54, 1.807) is 37.4 Å². The van der Waals surface area contributed by atoms with E-state index in [9.17, 15) is 20.2 Å². The number of benzene rings is 3. The summed E-state index contributed by atoms with van der Waals surface area (Å²) in [6.07, 6.45) is 1.57. The van der Waals surface area contributed by atoms with Gasteiger partial charge in [0.1, 0.15) is 0 Å². The molecule has 9 nitrogen and oxygen atoms in total. The van der Waals surface area contributed by atoms with E-state index >= 15 is 0 Å². The minimum absolute atomic E-state index is 0.0338. The molecule has 0 saturated heterocycles. The summed E-state index contributed by atoms with van der Waals surface area (Å²) in [6, 6.07) is 11.6. The number of nitro benzene ring substituents is 2. The summed E-state index contributed by atoms with van der Waals surface area (Å²) in [5, 5.41) is 23.1. The van der Waals surface area contributed by atoms with Gasteiger partial charge < -0.3 is 9.47 Å². The van der Waals surface area contributed by atoms with E-state index in [1.807, 2.05) is 13.0 Å². The van der Waals surface area contributed by atoms with Crippen LogP contribution >= 0.6 is 23.2 Å². The van der Waals surface area contributed by atoms with Gasteiger partial charge in [0.15, 0.2) is 11.5 Å². The number of nitrogens with zero attached hydrogens (tertiary/aromatic N) is 3. The summed E-state index contributed by atoms with van der Waals surface area (Å²) >= 11 is 12.5. The molecule has 0 bridgehead atoms. The smallest absolute Gasteiger partial charge is 0.318 e. The third-order valence-electron chi connectivity index (χ3n) is 4.49. The summed E-state index contributed by atoms with van der Waals surface area (Å²) in [7, 11) is 0. The maximum Gasteiger partial charge on any atom is 0.318 e. The molecule has 3 aromatic carbocycles. The number of nitro groups is 2. The average molecular weight is 490 g/mol. The zero-order chi connectivity index (χ0) is 24.1. The molecular weight excluding hydrogens is 473 g/mol. The molecule has 0 saturated carbocycles. The number of hydrogen-bond donors (Lipinski definition) is 0. The lowest BCUT2D eigenvalue weighted by Gasteiger charge is -2.14. The first-order valence-corrected chi connectivity index (χ1v) is 10.3. The molecule has 33 heavy (non-hydrogen) atoms. The quantitative estimate of drug-likeness (QED) is 0.190. The first-order chi connectivity index (χ1) is 15.7. The van der Waals surface area contributed by atoms with Gasteiger partial charge in [-0.05, 0) is 55.3 Å². The van der Waals surface area contributed by atoms with Crippen LogP contribution in [0.15, 0.2) is 53.5 Å². The molecular formula is C22H17Cl2N3O6. The van der Waals surface area contributed by atoms with E-state index < -0.39 is 21.2 Å². The highest BCUT2D eigenvalue weighted by atomic mass is 35.5. The van der Waals surface area contributed by atoms with Crippen molar-refractivity contribution in [3.63, 3.8) is 0 Å². The Morgan fingerprint density at radius 2 is 1.76 bits per heavy atom. The molecule has 0 aliphatic carbocycles. The molecule has 0 heterocycles. The van der Waals surface area contributed by atoms with Crippen molar-refractivity contribution < 1.29 is 19.3 Å². The number of ether oxygens (including phenoxy) is 2. The third-order valence-corrected chi connectivity index (χ3v) is 5.18. The van der Waals surface area contributed by atoms with Crippen LogP contribution in [0.4, 0.5) is 17.1 Å². The van der Waals surface area contributed by atoms with Crippen LogP contribution in [0.3, 0.4) is 0 Å². The highest BCUT2D eigenvalue weighted by molar-refractivity contribution is 6.32. The normalized spacial score (nSPS) is 10.9. The summed E-state index contributed by atoms with van der Waals surface area (Å²) in [6.45, 7) is 3.87. The summed E-state index contributed by atoms with van der Waals surface area (Å²) in [5.74, 6) is 0.0397. The topological polar surface area (TPSA) is 117 Å². The molecule has 0 amide bonds. The van der Waals surface area contributed by atoms with Gasteiger partial charge in [-0.25, -0.2) is 0 Å². The van der Waals surface area contributed by atoms with Crippen molar-refractivity contribution in [2.45, 2.75) is 13.8 Å². The molecule has 0 aliphatic rings. The highest BCUT2D eigenvalue weighted by Crippen LogP contribution is 2.42. The van der Waals surface area contributed by atoms with Crippen molar-refractivity contribution in [3.05, 3.63) is 89.9 Å².